The molecule has 24 heavy (non-hydrogen) atoms. The molecule has 0 saturated carbocycles. The van der Waals surface area contributed by atoms with E-state index in [1.165, 1.54) is 12.8 Å². The van der Waals surface area contributed by atoms with E-state index in [0.717, 1.165) is 24.1 Å². The fraction of sp³-hybridized carbons (Fsp3) is 0.474. The van der Waals surface area contributed by atoms with E-state index < -0.39 is 0 Å². The highest BCUT2D eigenvalue weighted by molar-refractivity contribution is 6.04. The molecule has 2 unspecified atom stereocenters. The molecule has 0 spiro atoms. The summed E-state index contributed by atoms with van der Waals surface area (Å²) in [6, 6.07) is 9.42. The molecular weight excluding hydrogens is 300 g/mol. The summed E-state index contributed by atoms with van der Waals surface area (Å²) in [5.41, 5.74) is 2.59. The molecule has 1 aromatic heterocycles. The lowest BCUT2D eigenvalue weighted by Gasteiger charge is -2.36. The number of nitrogens with one attached hydrogen (secondary N) is 1. The minimum absolute atomic E-state index is 0.0852. The second-order valence-electron chi connectivity index (χ2n) is 7.20. The van der Waals surface area contributed by atoms with Crippen LogP contribution in [0.1, 0.15) is 47.6 Å². The lowest BCUT2D eigenvalue weighted by Crippen LogP contribution is -2.40. The number of carbonyl (C=O) groups is 1. The average molecular weight is 324 g/mol. The third-order valence-corrected chi connectivity index (χ3v) is 5.62. The smallest absolute Gasteiger partial charge is 0.255 e. The van der Waals surface area contributed by atoms with Gasteiger partial charge in [-0.1, -0.05) is 17.7 Å². The fourth-order valence-electron chi connectivity index (χ4n) is 4.11. The second-order valence-corrected chi connectivity index (χ2v) is 7.20. The molecule has 0 aliphatic carbocycles. The van der Waals surface area contributed by atoms with Crippen LogP contribution in [-0.2, 0) is 0 Å². The van der Waals surface area contributed by atoms with Crippen molar-refractivity contribution in [2.75, 3.05) is 12.4 Å². The van der Waals surface area contributed by atoms with Crippen LogP contribution in [0.5, 0.6) is 0 Å². The molecule has 4 rings (SSSR count). The minimum atomic E-state index is -0.0852. The van der Waals surface area contributed by atoms with E-state index in [-0.39, 0.29) is 5.91 Å². The van der Waals surface area contributed by atoms with Gasteiger partial charge in [-0.2, -0.15) is 5.10 Å². The van der Waals surface area contributed by atoms with Gasteiger partial charge in [0.1, 0.15) is 0 Å². The van der Waals surface area contributed by atoms with Crippen LogP contribution in [0.3, 0.4) is 0 Å². The Morgan fingerprint density at radius 1 is 1.12 bits per heavy atom. The summed E-state index contributed by atoms with van der Waals surface area (Å²) in [6.45, 7) is 2.01. The Morgan fingerprint density at radius 2 is 1.79 bits per heavy atom. The average Bonchev–Trinajstić information content (AvgIpc) is 3.09. The van der Waals surface area contributed by atoms with Crippen molar-refractivity contribution < 1.29 is 4.79 Å². The monoisotopic (exact) mass is 324 g/mol. The SMILES string of the molecule is Cc1ccc(C(=O)Nc2cnn(C3CC4CCC(C3)N4C)c2)cc1. The Balaban J connectivity index is 1.43. The van der Waals surface area contributed by atoms with Gasteiger partial charge in [0, 0.05) is 23.8 Å². The molecule has 2 saturated heterocycles. The zero-order valence-corrected chi connectivity index (χ0v) is 14.3. The van der Waals surface area contributed by atoms with Crippen molar-refractivity contribution >= 4 is 11.6 Å². The third kappa shape index (κ3) is 2.84. The first kappa shape index (κ1) is 15.4. The van der Waals surface area contributed by atoms with Gasteiger partial charge in [0.25, 0.3) is 5.91 Å². The molecule has 2 aromatic rings. The van der Waals surface area contributed by atoms with E-state index >= 15 is 0 Å². The molecule has 5 nitrogen and oxygen atoms in total. The van der Waals surface area contributed by atoms with E-state index in [1.54, 1.807) is 6.20 Å². The fourth-order valence-corrected chi connectivity index (χ4v) is 4.11. The van der Waals surface area contributed by atoms with Crippen LogP contribution < -0.4 is 5.32 Å². The summed E-state index contributed by atoms with van der Waals surface area (Å²) < 4.78 is 2.04. The molecule has 5 heteroatoms. The van der Waals surface area contributed by atoms with Gasteiger partial charge in [0.2, 0.25) is 0 Å². The van der Waals surface area contributed by atoms with Crippen LogP contribution in [0.4, 0.5) is 5.69 Å². The third-order valence-electron chi connectivity index (χ3n) is 5.62. The number of amides is 1. The molecule has 0 radical (unpaired) electrons. The van der Waals surface area contributed by atoms with Crippen molar-refractivity contribution in [3.8, 4) is 0 Å². The van der Waals surface area contributed by atoms with Crippen molar-refractivity contribution in [3.05, 3.63) is 47.8 Å². The molecule has 1 aromatic carbocycles. The van der Waals surface area contributed by atoms with Crippen LogP contribution in [0.15, 0.2) is 36.7 Å². The van der Waals surface area contributed by atoms with E-state index in [0.29, 0.717) is 23.7 Å². The van der Waals surface area contributed by atoms with Crippen LogP contribution in [-0.4, -0.2) is 39.7 Å². The predicted molar refractivity (Wildman–Crippen MR) is 94.2 cm³/mol. The number of benzene rings is 1. The number of anilines is 1. The summed E-state index contributed by atoms with van der Waals surface area (Å²) in [7, 11) is 2.24. The summed E-state index contributed by atoms with van der Waals surface area (Å²) in [5, 5.41) is 7.46. The maximum absolute atomic E-state index is 12.3. The normalized spacial score (nSPS) is 26.5. The topological polar surface area (TPSA) is 50.2 Å². The number of fused-ring (bicyclic) bond motifs is 2. The first-order valence-corrected chi connectivity index (χ1v) is 8.74. The van der Waals surface area contributed by atoms with Gasteiger partial charge in [-0.25, -0.2) is 0 Å². The zero-order valence-electron chi connectivity index (χ0n) is 14.3. The van der Waals surface area contributed by atoms with Gasteiger partial charge in [-0.05, 0) is 51.8 Å². The van der Waals surface area contributed by atoms with E-state index in [4.69, 9.17) is 0 Å². The maximum Gasteiger partial charge on any atom is 0.255 e. The molecule has 2 aliphatic heterocycles. The molecule has 2 bridgehead atoms. The summed E-state index contributed by atoms with van der Waals surface area (Å²) in [6.07, 6.45) is 8.64. The first-order valence-electron chi connectivity index (χ1n) is 8.74. The van der Waals surface area contributed by atoms with Gasteiger partial charge in [-0.3, -0.25) is 9.48 Å². The van der Waals surface area contributed by atoms with Gasteiger partial charge in [0.15, 0.2) is 0 Å². The summed E-state index contributed by atoms with van der Waals surface area (Å²) in [4.78, 5) is 14.8. The maximum atomic E-state index is 12.3. The summed E-state index contributed by atoms with van der Waals surface area (Å²) in [5.74, 6) is -0.0852. The molecule has 126 valence electrons. The standard InChI is InChI=1S/C19H24N4O/c1-13-3-5-14(6-4-13)19(24)21-15-11-20-23(12-15)18-9-16-7-8-17(10-18)22(16)2/h3-6,11-12,16-18H,7-10H2,1-2H3,(H,21,24). The molecule has 2 atom stereocenters. The Morgan fingerprint density at radius 3 is 2.46 bits per heavy atom. The number of piperidine rings is 1. The Hall–Kier alpha value is -2.14. The number of aromatic nitrogens is 2. The first-order chi connectivity index (χ1) is 11.6. The minimum Gasteiger partial charge on any atom is -0.319 e. The highest BCUT2D eigenvalue weighted by Gasteiger charge is 2.39. The van der Waals surface area contributed by atoms with E-state index in [9.17, 15) is 4.79 Å². The van der Waals surface area contributed by atoms with Crippen LogP contribution >= 0.6 is 0 Å². The van der Waals surface area contributed by atoms with Crippen molar-refractivity contribution in [1.29, 1.82) is 0 Å². The predicted octanol–water partition coefficient (Wildman–Crippen LogP) is 3.24. The molecule has 2 aliphatic rings. The van der Waals surface area contributed by atoms with Crippen LogP contribution in [0.2, 0.25) is 0 Å². The molecule has 2 fully saturated rings. The number of rotatable bonds is 3. The summed E-state index contributed by atoms with van der Waals surface area (Å²) >= 11 is 0. The number of carbonyl (C=O) groups excluding carboxylic acids is 1. The van der Waals surface area contributed by atoms with E-state index in [2.05, 4.69) is 22.4 Å². The molecule has 1 N–H and O–H groups in total. The second kappa shape index (κ2) is 6.06. The molecule has 1 amide bonds. The number of hydrogen-bond acceptors (Lipinski definition) is 3. The van der Waals surface area contributed by atoms with Gasteiger partial charge >= 0.3 is 0 Å². The van der Waals surface area contributed by atoms with E-state index in [1.807, 2.05) is 42.1 Å². The largest absolute Gasteiger partial charge is 0.319 e. The quantitative estimate of drug-likeness (QED) is 0.943. The van der Waals surface area contributed by atoms with Gasteiger partial charge in [-0.15, -0.1) is 0 Å². The Kier molecular flexibility index (Phi) is 3.88. The van der Waals surface area contributed by atoms with Crippen molar-refractivity contribution in [2.24, 2.45) is 0 Å². The van der Waals surface area contributed by atoms with Crippen LogP contribution in [0.25, 0.3) is 0 Å². The van der Waals surface area contributed by atoms with Crippen molar-refractivity contribution in [3.63, 3.8) is 0 Å². The highest BCUT2D eigenvalue weighted by atomic mass is 16.1. The lowest BCUT2D eigenvalue weighted by molar-refractivity contribution is 0.102. The Bertz CT molecular complexity index is 722. The lowest BCUT2D eigenvalue weighted by atomic mass is 9.98. The van der Waals surface area contributed by atoms with Crippen molar-refractivity contribution in [2.45, 2.75) is 50.7 Å². The number of aryl methyl sites for hydroxylation is 1. The molecule has 3 heterocycles. The Labute approximate surface area is 142 Å². The number of hydrogen-bond donors (Lipinski definition) is 1. The number of nitrogens with zero attached hydrogens (tertiary/aromatic N) is 3. The van der Waals surface area contributed by atoms with Crippen molar-refractivity contribution in [1.82, 2.24) is 14.7 Å². The highest BCUT2D eigenvalue weighted by Crippen LogP contribution is 2.39. The molecular formula is C19H24N4O. The van der Waals surface area contributed by atoms with Crippen LogP contribution in [0, 0.1) is 6.92 Å². The zero-order chi connectivity index (χ0) is 16.7. The van der Waals surface area contributed by atoms with Gasteiger partial charge < -0.3 is 10.2 Å². The van der Waals surface area contributed by atoms with Gasteiger partial charge in [0.05, 0.1) is 17.9 Å².